The van der Waals surface area contributed by atoms with Gasteiger partial charge in [0.15, 0.2) is 16.6 Å². The summed E-state index contributed by atoms with van der Waals surface area (Å²) in [5.41, 5.74) is 2.45. The normalized spacial score (nSPS) is 12.9. The number of aromatic nitrogens is 1. The zero-order valence-corrected chi connectivity index (χ0v) is 14.6. The Hall–Kier alpha value is -2.80. The SMILES string of the molecule is COc1cc(C(=O)Nc2nc3ccc(C)cc3s2)cc2c1OCCO2. The van der Waals surface area contributed by atoms with Gasteiger partial charge in [0.2, 0.25) is 5.75 Å². The van der Waals surface area contributed by atoms with E-state index in [1.54, 1.807) is 12.1 Å². The van der Waals surface area contributed by atoms with Gasteiger partial charge in [0.05, 0.1) is 17.3 Å². The largest absolute Gasteiger partial charge is 0.493 e. The van der Waals surface area contributed by atoms with E-state index in [0.29, 0.717) is 41.2 Å². The summed E-state index contributed by atoms with van der Waals surface area (Å²) < 4.78 is 17.5. The summed E-state index contributed by atoms with van der Waals surface area (Å²) >= 11 is 1.44. The maximum Gasteiger partial charge on any atom is 0.257 e. The van der Waals surface area contributed by atoms with Crippen molar-refractivity contribution < 1.29 is 19.0 Å². The van der Waals surface area contributed by atoms with Crippen molar-refractivity contribution in [2.45, 2.75) is 6.92 Å². The average molecular weight is 356 g/mol. The van der Waals surface area contributed by atoms with Crippen LogP contribution in [0.4, 0.5) is 5.13 Å². The molecular weight excluding hydrogens is 340 g/mol. The van der Waals surface area contributed by atoms with Gasteiger partial charge >= 0.3 is 0 Å². The number of ether oxygens (including phenoxy) is 3. The number of methoxy groups -OCH3 is 1. The molecule has 1 N–H and O–H groups in total. The van der Waals surface area contributed by atoms with Crippen LogP contribution in [-0.4, -0.2) is 31.2 Å². The highest BCUT2D eigenvalue weighted by Gasteiger charge is 2.21. The number of nitrogens with one attached hydrogen (secondary N) is 1. The Morgan fingerprint density at radius 1 is 1.24 bits per heavy atom. The monoisotopic (exact) mass is 356 g/mol. The third-order valence-electron chi connectivity index (χ3n) is 3.85. The van der Waals surface area contributed by atoms with Crippen LogP contribution in [0.1, 0.15) is 15.9 Å². The van der Waals surface area contributed by atoms with Gasteiger partial charge in [-0.1, -0.05) is 17.4 Å². The van der Waals surface area contributed by atoms with E-state index in [2.05, 4.69) is 16.4 Å². The molecule has 0 radical (unpaired) electrons. The van der Waals surface area contributed by atoms with Gasteiger partial charge in [-0.25, -0.2) is 4.98 Å². The van der Waals surface area contributed by atoms with E-state index in [9.17, 15) is 4.79 Å². The Bertz CT molecular complexity index is 950. The van der Waals surface area contributed by atoms with Gasteiger partial charge in [-0.05, 0) is 36.8 Å². The standard InChI is InChI=1S/C18H16N2O4S/c1-10-3-4-12-15(7-10)25-18(19-12)20-17(21)11-8-13(22-2)16-14(9-11)23-5-6-24-16/h3-4,7-9H,5-6H2,1-2H3,(H,19,20,21). The zero-order valence-electron chi connectivity index (χ0n) is 13.8. The molecule has 6 nitrogen and oxygen atoms in total. The van der Waals surface area contributed by atoms with Crippen molar-refractivity contribution in [2.24, 2.45) is 0 Å². The van der Waals surface area contributed by atoms with Crippen molar-refractivity contribution in [1.29, 1.82) is 0 Å². The molecule has 3 aromatic rings. The van der Waals surface area contributed by atoms with Crippen molar-refractivity contribution in [3.05, 3.63) is 41.5 Å². The van der Waals surface area contributed by atoms with Gasteiger partial charge < -0.3 is 14.2 Å². The molecule has 4 rings (SSSR count). The fraction of sp³-hybridized carbons (Fsp3) is 0.222. The van der Waals surface area contributed by atoms with E-state index in [1.807, 2.05) is 19.1 Å². The fourth-order valence-corrected chi connectivity index (χ4v) is 3.62. The van der Waals surface area contributed by atoms with E-state index in [-0.39, 0.29) is 5.91 Å². The summed E-state index contributed by atoms with van der Waals surface area (Å²) in [6.07, 6.45) is 0. The lowest BCUT2D eigenvalue weighted by atomic mass is 10.1. The summed E-state index contributed by atoms with van der Waals surface area (Å²) in [6.45, 7) is 2.93. The minimum absolute atomic E-state index is 0.272. The van der Waals surface area contributed by atoms with Crippen LogP contribution in [-0.2, 0) is 0 Å². The van der Waals surface area contributed by atoms with Crippen molar-refractivity contribution >= 4 is 32.6 Å². The second-order valence-corrected chi connectivity index (χ2v) is 6.68. The number of anilines is 1. The van der Waals surface area contributed by atoms with Gasteiger partial charge in [-0.2, -0.15) is 0 Å². The molecule has 0 atom stereocenters. The molecule has 0 spiro atoms. The first-order chi connectivity index (χ1) is 12.1. The summed E-state index contributed by atoms with van der Waals surface area (Å²) in [6, 6.07) is 9.29. The Balaban J connectivity index is 1.63. The lowest BCUT2D eigenvalue weighted by molar-refractivity contribution is 0.102. The Kier molecular flexibility index (Phi) is 3.93. The minimum Gasteiger partial charge on any atom is -0.493 e. The molecule has 1 aromatic heterocycles. The van der Waals surface area contributed by atoms with Gasteiger partial charge in [-0.15, -0.1) is 0 Å². The topological polar surface area (TPSA) is 69.7 Å². The number of aryl methyl sites for hydroxylation is 1. The number of carbonyl (C=O) groups is 1. The molecule has 1 amide bonds. The number of fused-ring (bicyclic) bond motifs is 2. The summed E-state index contributed by atoms with van der Waals surface area (Å²) in [7, 11) is 1.53. The number of nitrogens with zero attached hydrogens (tertiary/aromatic N) is 1. The van der Waals surface area contributed by atoms with E-state index in [0.717, 1.165) is 15.8 Å². The maximum atomic E-state index is 12.6. The Morgan fingerprint density at radius 3 is 2.92 bits per heavy atom. The van der Waals surface area contributed by atoms with E-state index >= 15 is 0 Å². The van der Waals surface area contributed by atoms with Crippen LogP contribution in [0.2, 0.25) is 0 Å². The van der Waals surface area contributed by atoms with Crippen LogP contribution in [0.15, 0.2) is 30.3 Å². The number of hydrogen-bond acceptors (Lipinski definition) is 6. The van der Waals surface area contributed by atoms with Gasteiger partial charge in [-0.3, -0.25) is 10.1 Å². The quantitative estimate of drug-likeness (QED) is 0.776. The van der Waals surface area contributed by atoms with Crippen molar-refractivity contribution in [3.63, 3.8) is 0 Å². The van der Waals surface area contributed by atoms with E-state index in [1.165, 1.54) is 18.4 Å². The highest BCUT2D eigenvalue weighted by molar-refractivity contribution is 7.22. The second-order valence-electron chi connectivity index (χ2n) is 5.65. The van der Waals surface area contributed by atoms with Crippen molar-refractivity contribution in [3.8, 4) is 17.2 Å². The van der Waals surface area contributed by atoms with Crippen LogP contribution in [0.5, 0.6) is 17.2 Å². The molecule has 7 heteroatoms. The fourth-order valence-electron chi connectivity index (χ4n) is 2.66. The molecule has 0 fully saturated rings. The van der Waals surface area contributed by atoms with Gasteiger partial charge in [0.25, 0.3) is 5.91 Å². The van der Waals surface area contributed by atoms with Crippen LogP contribution >= 0.6 is 11.3 Å². The number of benzene rings is 2. The number of hydrogen-bond donors (Lipinski definition) is 1. The Labute approximate surface area is 148 Å². The number of carbonyl (C=O) groups excluding carboxylic acids is 1. The molecule has 1 aliphatic heterocycles. The minimum atomic E-state index is -0.272. The highest BCUT2D eigenvalue weighted by Crippen LogP contribution is 2.40. The van der Waals surface area contributed by atoms with Gasteiger partial charge in [0, 0.05) is 5.56 Å². The highest BCUT2D eigenvalue weighted by atomic mass is 32.1. The van der Waals surface area contributed by atoms with E-state index in [4.69, 9.17) is 14.2 Å². The molecule has 128 valence electrons. The molecule has 1 aliphatic rings. The third kappa shape index (κ3) is 2.98. The van der Waals surface area contributed by atoms with Crippen molar-refractivity contribution in [1.82, 2.24) is 4.98 Å². The number of thiazole rings is 1. The predicted octanol–water partition coefficient (Wildman–Crippen LogP) is 3.64. The predicted molar refractivity (Wildman–Crippen MR) is 96.3 cm³/mol. The van der Waals surface area contributed by atoms with Gasteiger partial charge in [0.1, 0.15) is 13.2 Å². The molecule has 2 aromatic carbocycles. The zero-order chi connectivity index (χ0) is 17.4. The molecule has 0 aliphatic carbocycles. The first kappa shape index (κ1) is 15.7. The third-order valence-corrected chi connectivity index (χ3v) is 4.79. The van der Waals surface area contributed by atoms with E-state index < -0.39 is 0 Å². The van der Waals surface area contributed by atoms with Crippen LogP contribution in [0.25, 0.3) is 10.2 Å². The van der Waals surface area contributed by atoms with Crippen LogP contribution in [0.3, 0.4) is 0 Å². The molecule has 25 heavy (non-hydrogen) atoms. The Morgan fingerprint density at radius 2 is 2.08 bits per heavy atom. The van der Waals surface area contributed by atoms with Crippen LogP contribution in [0, 0.1) is 6.92 Å². The summed E-state index contributed by atoms with van der Waals surface area (Å²) in [5, 5.41) is 3.40. The lowest BCUT2D eigenvalue weighted by Crippen LogP contribution is -2.18. The average Bonchev–Trinajstić information content (AvgIpc) is 3.01. The molecule has 0 unspecified atom stereocenters. The first-order valence-electron chi connectivity index (χ1n) is 7.80. The van der Waals surface area contributed by atoms with Crippen LogP contribution < -0.4 is 19.5 Å². The maximum absolute atomic E-state index is 12.6. The molecule has 0 bridgehead atoms. The smallest absolute Gasteiger partial charge is 0.257 e. The number of amides is 1. The lowest BCUT2D eigenvalue weighted by Gasteiger charge is -2.21. The molecular formula is C18H16N2O4S. The second kappa shape index (κ2) is 6.25. The molecule has 0 saturated heterocycles. The molecule has 0 saturated carbocycles. The number of rotatable bonds is 3. The molecule has 2 heterocycles. The summed E-state index contributed by atoms with van der Waals surface area (Å²) in [5.74, 6) is 1.24. The summed E-state index contributed by atoms with van der Waals surface area (Å²) in [4.78, 5) is 17.1. The van der Waals surface area contributed by atoms with Crippen molar-refractivity contribution in [2.75, 3.05) is 25.6 Å². The first-order valence-corrected chi connectivity index (χ1v) is 8.62.